The first-order valence-electron chi connectivity index (χ1n) is 19.4. The third-order valence-electron chi connectivity index (χ3n) is 10.5. The Hall–Kier alpha value is -4.72. The van der Waals surface area contributed by atoms with Crippen molar-refractivity contribution in [2.75, 3.05) is 5.90 Å². The molecule has 0 N–H and O–H groups in total. The van der Waals surface area contributed by atoms with Gasteiger partial charge >= 0.3 is 44.8 Å². The predicted molar refractivity (Wildman–Crippen MR) is 247 cm³/mol. The van der Waals surface area contributed by atoms with Crippen LogP contribution in [0.25, 0.3) is 33.1 Å². The summed E-state index contributed by atoms with van der Waals surface area (Å²) >= 11 is 0. The van der Waals surface area contributed by atoms with Gasteiger partial charge in [-0.25, -0.2) is 0 Å². The summed E-state index contributed by atoms with van der Waals surface area (Å²) in [6.07, 6.45) is 24.9. The number of fused-ring (bicyclic) bond motifs is 6. The van der Waals surface area contributed by atoms with Crippen molar-refractivity contribution >= 4 is 53.7 Å². The minimum absolute atomic E-state index is 0. The number of para-hydroxylation sites is 1. The Morgan fingerprint density at radius 3 is 1.68 bits per heavy atom. The number of hydrogen-bond donors (Lipinski definition) is 0. The van der Waals surface area contributed by atoms with Gasteiger partial charge in [-0.15, -0.1) is 35.4 Å². The van der Waals surface area contributed by atoms with Crippen molar-refractivity contribution in [3.05, 3.63) is 235 Å². The number of rotatable bonds is 6. The molecule has 5 heteroatoms. The van der Waals surface area contributed by atoms with Gasteiger partial charge in [-0.05, 0) is 102 Å². The van der Waals surface area contributed by atoms with E-state index in [1.165, 1.54) is 56.9 Å². The van der Waals surface area contributed by atoms with Gasteiger partial charge in [0.1, 0.15) is 42.9 Å². The third kappa shape index (κ3) is 10.5. The molecule has 0 fully saturated rings. The largest absolute Gasteiger partial charge is 1.00 e. The smallest absolute Gasteiger partial charge is 0.456 e. The molecule has 0 amide bonds. The molecule has 8 aromatic rings. The molecular formula is C54H42Au2OP2+2. The van der Waals surface area contributed by atoms with Crippen molar-refractivity contribution < 1.29 is 49.2 Å². The molecule has 0 saturated heterocycles. The molecule has 0 saturated carbocycles. The van der Waals surface area contributed by atoms with Gasteiger partial charge in [0.2, 0.25) is 0 Å². The van der Waals surface area contributed by atoms with Gasteiger partial charge < -0.3 is 17.3 Å². The van der Waals surface area contributed by atoms with E-state index in [0.717, 1.165) is 39.5 Å². The monoisotopic (exact) mass is 1160 g/mol. The molecule has 0 radical (unpaired) electrons. The number of allylic oxidation sites excluding steroid dienone is 4. The summed E-state index contributed by atoms with van der Waals surface area (Å²) < 4.78 is 5.66. The van der Waals surface area contributed by atoms with Gasteiger partial charge in [-0.1, -0.05) is 109 Å². The topological polar surface area (TPSA) is 13.1 Å². The summed E-state index contributed by atoms with van der Waals surface area (Å²) in [6.45, 7) is 0. The summed E-state index contributed by atoms with van der Waals surface area (Å²) in [5.41, 5.74) is 8.68. The van der Waals surface area contributed by atoms with Crippen molar-refractivity contribution in [3.63, 3.8) is 0 Å². The Balaban J connectivity index is 0.000000156. The van der Waals surface area contributed by atoms with Crippen LogP contribution in [0.1, 0.15) is 35.1 Å². The first kappa shape index (κ1) is 43.8. The predicted octanol–water partition coefficient (Wildman–Crippen LogP) is 12.3. The second kappa shape index (κ2) is 21.5. The second-order valence-electron chi connectivity index (χ2n) is 14.1. The zero-order valence-electron chi connectivity index (χ0n) is 32.3. The van der Waals surface area contributed by atoms with Crippen LogP contribution in [-0.2, 0) is 51.2 Å². The van der Waals surface area contributed by atoms with Crippen molar-refractivity contribution in [2.45, 2.75) is 19.3 Å². The molecule has 1 nitrogen and oxygen atoms in total. The maximum Gasteiger partial charge on any atom is 1.00 e. The molecule has 2 aliphatic rings. The molecule has 1 unspecified atom stereocenters. The summed E-state index contributed by atoms with van der Waals surface area (Å²) in [4.78, 5) is 0. The molecule has 2 aliphatic carbocycles. The molecule has 1 aromatic heterocycles. The summed E-state index contributed by atoms with van der Waals surface area (Å²) in [5, 5.41) is 8.30. The van der Waals surface area contributed by atoms with E-state index < -0.39 is 15.8 Å². The molecular weight excluding hydrogens is 1120 g/mol. The van der Waals surface area contributed by atoms with Crippen LogP contribution >= 0.6 is 15.8 Å². The Kier molecular flexibility index (Phi) is 16.0. The molecule has 0 spiro atoms. The van der Waals surface area contributed by atoms with Gasteiger partial charge in [0.25, 0.3) is 0 Å². The number of benzene rings is 7. The van der Waals surface area contributed by atoms with E-state index in [2.05, 4.69) is 151 Å². The van der Waals surface area contributed by atoms with E-state index in [-0.39, 0.29) is 44.8 Å². The van der Waals surface area contributed by atoms with E-state index in [9.17, 15) is 0 Å². The zero-order chi connectivity index (χ0) is 38.8. The van der Waals surface area contributed by atoms with E-state index in [1.807, 2.05) is 54.6 Å². The third-order valence-corrected chi connectivity index (χ3v) is 17.5. The van der Waals surface area contributed by atoms with Crippen molar-refractivity contribution in [1.29, 1.82) is 0 Å². The Morgan fingerprint density at radius 1 is 0.492 bits per heavy atom. The van der Waals surface area contributed by atoms with Crippen LogP contribution in [0.15, 0.2) is 204 Å². The van der Waals surface area contributed by atoms with Crippen LogP contribution in [0, 0.1) is 24.7 Å². The maximum absolute atomic E-state index is 7.14. The van der Waals surface area contributed by atoms with E-state index in [1.54, 1.807) is 5.31 Å². The van der Waals surface area contributed by atoms with Crippen LogP contribution in [0.4, 0.5) is 0 Å². The van der Waals surface area contributed by atoms with E-state index in [0.29, 0.717) is 0 Å². The quantitative estimate of drug-likeness (QED) is 0.0700. The summed E-state index contributed by atoms with van der Waals surface area (Å²) in [6, 6.07) is 61.7. The van der Waals surface area contributed by atoms with Gasteiger partial charge in [-0.2, -0.15) is 0 Å². The minimum Gasteiger partial charge on any atom is -0.456 e. The molecule has 1 heterocycles. The molecule has 59 heavy (non-hydrogen) atoms. The van der Waals surface area contributed by atoms with Gasteiger partial charge in [0, 0.05) is 10.8 Å². The normalized spacial score (nSPS) is 12.4. The zero-order valence-corrected chi connectivity index (χ0v) is 38.6. The molecule has 1 atom stereocenters. The van der Waals surface area contributed by atoms with Crippen LogP contribution in [0.5, 0.6) is 0 Å². The number of hydrogen-bond acceptors (Lipinski definition) is 1. The van der Waals surface area contributed by atoms with E-state index >= 15 is 0 Å². The first-order valence-corrected chi connectivity index (χ1v) is 22.8. The standard InChI is InChI=1S/C25H24P2.C15H9.C14H7O.2Au/c1-5-13-22(14-6-1)26(23-15-7-2-8-16-23)21-27(24-17-9-3-10-18-24)25-19-11-4-12-20-25;1-2-11-7-8-13-10-12-5-3-4-6-14(12)15(13)9-11;1-2-10-7-8-14-12(9-10)11-5-3-4-6-13(11)15-14;;/h1-3,5-11,13-20H,4,12,21H2;3-9H,10H2;3-9H;;/q;2*-1;2*+1/p+2. The minimum atomic E-state index is -0.823. The SMILES string of the molecule is C1=CC([PH+](C[PH+](c2ccccc2)c2ccccc2)c2ccccc2)=CCC1.[Au+].[Au+].[C-]#Cc1ccc2c(c1)-c1ccccc1C2.[C-]#Cc1ccc2oc3ccccc3c2c1. The van der Waals surface area contributed by atoms with Gasteiger partial charge in [0.15, 0.2) is 5.90 Å². The van der Waals surface area contributed by atoms with Gasteiger partial charge in [0.05, 0.1) is 5.31 Å². The average Bonchev–Trinajstić information content (AvgIpc) is 3.86. The molecule has 10 rings (SSSR count). The molecule has 0 bridgehead atoms. The van der Waals surface area contributed by atoms with Crippen molar-refractivity contribution in [1.82, 2.24) is 0 Å². The van der Waals surface area contributed by atoms with Gasteiger partial charge in [-0.3, -0.25) is 11.8 Å². The fourth-order valence-corrected chi connectivity index (χ4v) is 15.5. The fourth-order valence-electron chi connectivity index (χ4n) is 7.68. The summed E-state index contributed by atoms with van der Waals surface area (Å²) in [7, 11) is -1.62. The summed E-state index contributed by atoms with van der Waals surface area (Å²) in [5.74, 6) is 6.10. The molecule has 7 aromatic carbocycles. The van der Waals surface area contributed by atoms with Crippen molar-refractivity contribution in [2.24, 2.45) is 0 Å². The number of furan rings is 1. The Labute approximate surface area is 382 Å². The maximum atomic E-state index is 7.14. The van der Waals surface area contributed by atoms with Crippen LogP contribution in [0.3, 0.4) is 0 Å². The van der Waals surface area contributed by atoms with E-state index in [4.69, 9.17) is 17.3 Å². The molecule has 294 valence electrons. The van der Waals surface area contributed by atoms with Crippen molar-refractivity contribution in [3.8, 4) is 23.0 Å². The molecule has 0 aliphatic heterocycles. The fraction of sp³-hybridized carbons (Fsp3) is 0.0741. The average molecular weight is 1160 g/mol. The second-order valence-corrected chi connectivity index (χ2v) is 19.8. The Morgan fingerprint density at radius 2 is 1.03 bits per heavy atom. The first-order chi connectivity index (χ1) is 28.2. The van der Waals surface area contributed by atoms with Crippen LogP contribution in [0.2, 0.25) is 0 Å². The Bertz CT molecular complexity index is 2740. The van der Waals surface area contributed by atoms with Crippen LogP contribution in [-0.4, -0.2) is 5.90 Å². The van der Waals surface area contributed by atoms with Crippen LogP contribution < -0.4 is 15.9 Å².